The number of anilines is 1. The van der Waals surface area contributed by atoms with Crippen molar-refractivity contribution in [1.82, 2.24) is 0 Å². The zero-order valence-electron chi connectivity index (χ0n) is 17.8. The minimum atomic E-state index is -3.57. The Labute approximate surface area is 172 Å². The van der Waals surface area contributed by atoms with Gasteiger partial charge < -0.3 is 20.1 Å². The normalized spacial score (nSPS) is 20.3. The molecule has 29 heavy (non-hydrogen) atoms. The Morgan fingerprint density at radius 2 is 1.86 bits per heavy atom. The summed E-state index contributed by atoms with van der Waals surface area (Å²) < 4.78 is 34.7. The van der Waals surface area contributed by atoms with Crippen molar-refractivity contribution < 1.29 is 27.5 Å². The van der Waals surface area contributed by atoms with Crippen LogP contribution in [0, 0.1) is 12.8 Å². The Morgan fingerprint density at radius 3 is 2.34 bits per heavy atom. The van der Waals surface area contributed by atoms with Crippen LogP contribution < -0.4 is 10.6 Å². The topological polar surface area (TPSA) is 116 Å². The number of benzene rings is 1. The highest BCUT2D eigenvalue weighted by Gasteiger charge is 2.34. The first kappa shape index (κ1) is 23.2. The highest BCUT2D eigenvalue weighted by Crippen LogP contribution is 2.34. The van der Waals surface area contributed by atoms with Crippen LogP contribution in [0.1, 0.15) is 49.5 Å². The summed E-state index contributed by atoms with van der Waals surface area (Å²) in [6.45, 7) is 7.55. The summed E-state index contributed by atoms with van der Waals surface area (Å²) in [6, 6.07) is 2.91. The van der Waals surface area contributed by atoms with E-state index in [0.717, 1.165) is 6.26 Å². The minimum Gasteiger partial charge on any atom is -0.465 e. The molecule has 1 aliphatic heterocycles. The number of esters is 2. The Balaban J connectivity index is 2.37. The molecule has 0 aliphatic carbocycles. The number of ether oxygens (including phenoxy) is 2. The fourth-order valence-corrected chi connectivity index (χ4v) is 4.49. The van der Waals surface area contributed by atoms with Gasteiger partial charge in [0.2, 0.25) is 0 Å². The van der Waals surface area contributed by atoms with Gasteiger partial charge in [-0.05, 0) is 58.2 Å². The number of sulfone groups is 1. The number of nitrogens with zero attached hydrogens (tertiary/aromatic N) is 1. The van der Waals surface area contributed by atoms with Crippen LogP contribution in [0.3, 0.4) is 0 Å². The van der Waals surface area contributed by atoms with Gasteiger partial charge in [0.05, 0.1) is 29.7 Å². The smallest absolute Gasteiger partial charge is 0.337 e. The molecule has 1 fully saturated rings. The molecule has 2 N–H and O–H groups in total. The van der Waals surface area contributed by atoms with E-state index in [-0.39, 0.29) is 22.3 Å². The van der Waals surface area contributed by atoms with Crippen LogP contribution in [0.15, 0.2) is 17.0 Å². The van der Waals surface area contributed by atoms with Crippen LogP contribution in [0.25, 0.3) is 0 Å². The van der Waals surface area contributed by atoms with E-state index in [0.29, 0.717) is 30.6 Å². The van der Waals surface area contributed by atoms with E-state index in [2.05, 4.69) is 0 Å². The molecule has 0 bridgehead atoms. The van der Waals surface area contributed by atoms with Gasteiger partial charge in [-0.2, -0.15) is 0 Å². The molecule has 162 valence electrons. The predicted molar refractivity (Wildman–Crippen MR) is 110 cm³/mol. The number of methoxy groups -OCH3 is 1. The monoisotopic (exact) mass is 426 g/mol. The van der Waals surface area contributed by atoms with Gasteiger partial charge in [0.1, 0.15) is 5.60 Å². The van der Waals surface area contributed by atoms with E-state index >= 15 is 0 Å². The Morgan fingerprint density at radius 1 is 1.24 bits per heavy atom. The molecule has 0 aromatic heterocycles. The summed E-state index contributed by atoms with van der Waals surface area (Å²) >= 11 is 0. The summed E-state index contributed by atoms with van der Waals surface area (Å²) in [7, 11) is -2.33. The van der Waals surface area contributed by atoms with Crippen LogP contribution in [0.5, 0.6) is 0 Å². The lowest BCUT2D eigenvalue weighted by molar-refractivity contribution is -0.161. The molecule has 0 radical (unpaired) electrons. The van der Waals surface area contributed by atoms with Crippen LogP contribution in [0.2, 0.25) is 0 Å². The second kappa shape index (κ2) is 8.31. The fraction of sp³-hybridized carbons (Fsp3) is 0.600. The molecular formula is C20H30N2O6S. The minimum absolute atomic E-state index is 0.0527. The third kappa shape index (κ3) is 5.48. The number of piperidine rings is 1. The van der Waals surface area contributed by atoms with Gasteiger partial charge in [0.25, 0.3) is 0 Å². The summed E-state index contributed by atoms with van der Waals surface area (Å²) in [4.78, 5) is 26.4. The van der Waals surface area contributed by atoms with Crippen molar-refractivity contribution in [3.05, 3.63) is 23.3 Å². The molecule has 1 saturated heterocycles. The van der Waals surface area contributed by atoms with E-state index in [1.54, 1.807) is 13.0 Å². The first-order chi connectivity index (χ1) is 13.2. The first-order valence-corrected chi connectivity index (χ1v) is 11.3. The summed E-state index contributed by atoms with van der Waals surface area (Å²) in [5, 5.41) is 0. The third-order valence-corrected chi connectivity index (χ3v) is 6.07. The molecule has 0 saturated carbocycles. The third-order valence-electron chi connectivity index (χ3n) is 4.85. The summed E-state index contributed by atoms with van der Waals surface area (Å²) in [6.07, 6.45) is 1.44. The quantitative estimate of drug-likeness (QED) is 0.727. The fourth-order valence-electron chi connectivity index (χ4n) is 3.49. The van der Waals surface area contributed by atoms with Crippen molar-refractivity contribution in [2.45, 2.75) is 57.2 Å². The van der Waals surface area contributed by atoms with Gasteiger partial charge in [0.15, 0.2) is 9.84 Å². The van der Waals surface area contributed by atoms with Gasteiger partial charge >= 0.3 is 11.9 Å². The maximum atomic E-state index is 12.4. The number of carbonyl (C=O) groups is 2. The van der Waals surface area contributed by atoms with Crippen LogP contribution >= 0.6 is 0 Å². The lowest BCUT2D eigenvalue weighted by Crippen LogP contribution is -2.50. The standard InChI is InChI=1S/C20H30N2O6S/c1-12-15(9-14(18(23)27-5)10-16(12)29(6,25)26)22-8-7-13(11-17(22)21)19(24)28-20(2,3)4/h9-10,13,17H,7-8,11,21H2,1-6H3. The molecule has 2 atom stereocenters. The van der Waals surface area contributed by atoms with Gasteiger partial charge in [-0.15, -0.1) is 0 Å². The van der Waals surface area contributed by atoms with E-state index in [1.165, 1.54) is 13.2 Å². The molecule has 1 aromatic rings. The SMILES string of the molecule is COC(=O)c1cc(N2CCC(C(=O)OC(C)(C)C)CC2N)c(C)c(S(C)(=O)=O)c1. The van der Waals surface area contributed by atoms with Crippen molar-refractivity contribution >= 4 is 27.5 Å². The summed E-state index contributed by atoms with van der Waals surface area (Å²) in [5.41, 5.74) is 6.95. The van der Waals surface area contributed by atoms with Crippen molar-refractivity contribution in [1.29, 1.82) is 0 Å². The maximum absolute atomic E-state index is 12.4. The van der Waals surface area contributed by atoms with Crippen molar-refractivity contribution in [2.24, 2.45) is 11.7 Å². The van der Waals surface area contributed by atoms with Crippen LogP contribution in [0.4, 0.5) is 5.69 Å². The summed E-state index contributed by atoms with van der Waals surface area (Å²) in [5.74, 6) is -1.25. The number of carbonyl (C=O) groups excluding carboxylic acids is 2. The predicted octanol–water partition coefficient (Wildman–Crippen LogP) is 2.03. The van der Waals surface area contributed by atoms with E-state index < -0.39 is 27.6 Å². The largest absolute Gasteiger partial charge is 0.465 e. The van der Waals surface area contributed by atoms with Gasteiger partial charge in [-0.1, -0.05) is 0 Å². The van der Waals surface area contributed by atoms with Gasteiger partial charge in [-0.25, -0.2) is 13.2 Å². The molecule has 1 heterocycles. The second-order valence-electron chi connectivity index (χ2n) is 8.40. The number of hydrogen-bond acceptors (Lipinski definition) is 8. The first-order valence-electron chi connectivity index (χ1n) is 9.42. The number of hydrogen-bond donors (Lipinski definition) is 1. The lowest BCUT2D eigenvalue weighted by Gasteiger charge is -2.39. The lowest BCUT2D eigenvalue weighted by atomic mass is 9.93. The zero-order valence-corrected chi connectivity index (χ0v) is 18.6. The maximum Gasteiger partial charge on any atom is 0.337 e. The number of nitrogens with two attached hydrogens (primary N) is 1. The molecule has 0 spiro atoms. The second-order valence-corrected chi connectivity index (χ2v) is 10.4. The van der Waals surface area contributed by atoms with Crippen LogP contribution in [-0.2, 0) is 24.1 Å². The molecule has 2 unspecified atom stereocenters. The highest BCUT2D eigenvalue weighted by molar-refractivity contribution is 7.90. The average molecular weight is 427 g/mol. The van der Waals surface area contributed by atoms with Crippen molar-refractivity contribution in [3.63, 3.8) is 0 Å². The number of rotatable bonds is 4. The Hall–Kier alpha value is -2.13. The molecular weight excluding hydrogens is 396 g/mol. The Bertz CT molecular complexity index is 904. The zero-order chi connectivity index (χ0) is 22.1. The van der Waals surface area contributed by atoms with E-state index in [4.69, 9.17) is 15.2 Å². The molecule has 1 aromatic carbocycles. The van der Waals surface area contributed by atoms with Crippen LogP contribution in [-0.4, -0.2) is 52.0 Å². The molecule has 0 amide bonds. The van der Waals surface area contributed by atoms with Crippen molar-refractivity contribution in [3.8, 4) is 0 Å². The Kier molecular flexibility index (Phi) is 6.64. The molecule has 1 aliphatic rings. The van der Waals surface area contributed by atoms with Crippen molar-refractivity contribution in [2.75, 3.05) is 24.8 Å². The molecule has 2 rings (SSSR count). The van der Waals surface area contributed by atoms with E-state index in [9.17, 15) is 18.0 Å². The van der Waals surface area contributed by atoms with E-state index in [1.807, 2.05) is 25.7 Å². The van der Waals surface area contributed by atoms with Gasteiger partial charge in [0, 0.05) is 18.5 Å². The average Bonchev–Trinajstić information content (AvgIpc) is 2.59. The van der Waals surface area contributed by atoms with Gasteiger partial charge in [-0.3, -0.25) is 4.79 Å². The molecule has 9 heteroatoms. The molecule has 8 nitrogen and oxygen atoms in total. The highest BCUT2D eigenvalue weighted by atomic mass is 32.2.